The Labute approximate surface area is 135 Å². The lowest BCUT2D eigenvalue weighted by molar-refractivity contribution is 0.252. The van der Waals surface area contributed by atoms with Crippen LogP contribution in [0.2, 0.25) is 0 Å². The molecule has 114 valence electrons. The van der Waals surface area contributed by atoms with Crippen molar-refractivity contribution in [3.05, 3.63) is 91.0 Å². The molecule has 3 aromatic rings. The van der Waals surface area contributed by atoms with Gasteiger partial charge in [-0.3, -0.25) is 5.01 Å². The summed E-state index contributed by atoms with van der Waals surface area (Å²) in [5, 5.41) is 4.57. The standard InChI is InChI=1S/C19H17N3O/c23-19(20-16-10-4-1-5-11-16)21-22(17-12-6-2-7-13-17)18-14-8-3-9-15-18/h1-15H,(H2,20,21,23). The molecule has 0 radical (unpaired) electrons. The molecule has 3 aromatic carbocycles. The fourth-order valence-electron chi connectivity index (χ4n) is 2.21. The van der Waals surface area contributed by atoms with E-state index in [1.807, 2.05) is 91.0 Å². The molecule has 0 fully saturated rings. The maximum Gasteiger partial charge on any atom is 0.338 e. The van der Waals surface area contributed by atoms with E-state index in [0.29, 0.717) is 0 Å². The fraction of sp³-hybridized carbons (Fsp3) is 0. The van der Waals surface area contributed by atoms with Crippen molar-refractivity contribution in [2.24, 2.45) is 0 Å². The molecule has 4 heteroatoms. The van der Waals surface area contributed by atoms with Crippen molar-refractivity contribution >= 4 is 23.1 Å². The predicted octanol–water partition coefficient (Wildman–Crippen LogP) is 4.56. The summed E-state index contributed by atoms with van der Waals surface area (Å²) < 4.78 is 0. The summed E-state index contributed by atoms with van der Waals surface area (Å²) in [6.45, 7) is 0. The van der Waals surface area contributed by atoms with Crippen LogP contribution in [-0.4, -0.2) is 6.03 Å². The number of hydrogen-bond donors (Lipinski definition) is 2. The van der Waals surface area contributed by atoms with E-state index in [1.165, 1.54) is 0 Å². The lowest BCUT2D eigenvalue weighted by Crippen LogP contribution is -2.41. The quantitative estimate of drug-likeness (QED) is 0.694. The first kappa shape index (κ1) is 14.7. The van der Waals surface area contributed by atoms with Gasteiger partial charge in [-0.2, -0.15) is 0 Å². The number of urea groups is 1. The third-order valence-corrected chi connectivity index (χ3v) is 3.27. The van der Waals surface area contributed by atoms with Crippen molar-refractivity contribution in [2.75, 3.05) is 10.3 Å². The molecule has 0 atom stereocenters. The summed E-state index contributed by atoms with van der Waals surface area (Å²) >= 11 is 0. The molecule has 0 aliphatic rings. The van der Waals surface area contributed by atoms with Crippen molar-refractivity contribution < 1.29 is 4.79 Å². The van der Waals surface area contributed by atoms with Gasteiger partial charge in [0.1, 0.15) is 0 Å². The summed E-state index contributed by atoms with van der Waals surface area (Å²) in [6.07, 6.45) is 0. The summed E-state index contributed by atoms with van der Waals surface area (Å²) in [5.74, 6) is 0. The van der Waals surface area contributed by atoms with E-state index in [2.05, 4.69) is 10.7 Å². The zero-order valence-corrected chi connectivity index (χ0v) is 12.5. The van der Waals surface area contributed by atoms with Crippen molar-refractivity contribution in [3.8, 4) is 0 Å². The summed E-state index contributed by atoms with van der Waals surface area (Å²) in [6, 6.07) is 28.4. The minimum atomic E-state index is -0.302. The van der Waals surface area contributed by atoms with Gasteiger partial charge in [0.25, 0.3) is 0 Å². The monoisotopic (exact) mass is 303 g/mol. The van der Waals surface area contributed by atoms with Crippen LogP contribution >= 0.6 is 0 Å². The second kappa shape index (κ2) is 7.13. The van der Waals surface area contributed by atoms with Crippen molar-refractivity contribution in [1.29, 1.82) is 0 Å². The van der Waals surface area contributed by atoms with E-state index >= 15 is 0 Å². The molecule has 0 aliphatic carbocycles. The highest BCUT2D eigenvalue weighted by Gasteiger charge is 2.12. The first-order chi connectivity index (χ1) is 11.3. The number of nitrogens with one attached hydrogen (secondary N) is 2. The molecule has 4 nitrogen and oxygen atoms in total. The topological polar surface area (TPSA) is 44.4 Å². The highest BCUT2D eigenvalue weighted by Crippen LogP contribution is 2.22. The maximum absolute atomic E-state index is 12.3. The predicted molar refractivity (Wildman–Crippen MR) is 93.6 cm³/mol. The molecule has 0 spiro atoms. The second-order valence-electron chi connectivity index (χ2n) is 4.94. The summed E-state index contributed by atoms with van der Waals surface area (Å²) in [4.78, 5) is 12.3. The largest absolute Gasteiger partial charge is 0.338 e. The molecule has 0 aliphatic heterocycles. The Morgan fingerprint density at radius 1 is 0.652 bits per heavy atom. The highest BCUT2D eigenvalue weighted by molar-refractivity contribution is 5.91. The molecule has 0 aromatic heterocycles. The lowest BCUT2D eigenvalue weighted by atomic mass is 10.2. The van der Waals surface area contributed by atoms with Crippen molar-refractivity contribution in [1.82, 2.24) is 5.43 Å². The van der Waals surface area contributed by atoms with Crippen LogP contribution in [0.3, 0.4) is 0 Å². The van der Waals surface area contributed by atoms with E-state index in [0.717, 1.165) is 17.1 Å². The van der Waals surface area contributed by atoms with Crippen LogP contribution in [0.25, 0.3) is 0 Å². The summed E-state index contributed by atoms with van der Waals surface area (Å²) in [7, 11) is 0. The molecular formula is C19H17N3O. The second-order valence-corrected chi connectivity index (χ2v) is 4.94. The number of anilines is 3. The molecule has 3 rings (SSSR count). The molecule has 0 unspecified atom stereocenters. The molecule has 0 bridgehead atoms. The van der Waals surface area contributed by atoms with Crippen LogP contribution in [0, 0.1) is 0 Å². The fourth-order valence-corrected chi connectivity index (χ4v) is 2.21. The highest BCUT2D eigenvalue weighted by atomic mass is 16.2. The minimum Gasteiger partial charge on any atom is -0.307 e. The Bertz CT molecular complexity index is 706. The van der Waals surface area contributed by atoms with Gasteiger partial charge in [-0.15, -0.1) is 0 Å². The Morgan fingerprint density at radius 2 is 1.09 bits per heavy atom. The average Bonchev–Trinajstić information content (AvgIpc) is 2.62. The lowest BCUT2D eigenvalue weighted by Gasteiger charge is -2.25. The smallest absolute Gasteiger partial charge is 0.307 e. The van der Waals surface area contributed by atoms with Crippen LogP contribution < -0.4 is 15.8 Å². The van der Waals surface area contributed by atoms with E-state index in [1.54, 1.807) is 5.01 Å². The van der Waals surface area contributed by atoms with E-state index in [9.17, 15) is 4.79 Å². The summed E-state index contributed by atoms with van der Waals surface area (Å²) in [5.41, 5.74) is 5.38. The Kier molecular flexibility index (Phi) is 4.55. The van der Waals surface area contributed by atoms with Crippen LogP contribution in [0.1, 0.15) is 0 Å². The van der Waals surface area contributed by atoms with Gasteiger partial charge in [-0.1, -0.05) is 54.6 Å². The van der Waals surface area contributed by atoms with Gasteiger partial charge in [-0.25, -0.2) is 10.2 Å². The van der Waals surface area contributed by atoms with Gasteiger partial charge in [0.15, 0.2) is 0 Å². The first-order valence-corrected chi connectivity index (χ1v) is 7.36. The molecule has 2 amide bonds. The molecule has 23 heavy (non-hydrogen) atoms. The van der Waals surface area contributed by atoms with Gasteiger partial charge in [0.2, 0.25) is 0 Å². The van der Waals surface area contributed by atoms with Crippen molar-refractivity contribution in [2.45, 2.75) is 0 Å². The Balaban J connectivity index is 1.81. The number of carbonyl (C=O) groups excluding carboxylic acids is 1. The number of carbonyl (C=O) groups is 1. The number of amides is 2. The molecule has 2 N–H and O–H groups in total. The zero-order chi connectivity index (χ0) is 15.9. The van der Waals surface area contributed by atoms with Crippen LogP contribution in [0.4, 0.5) is 21.9 Å². The molecule has 0 heterocycles. The Morgan fingerprint density at radius 3 is 1.57 bits per heavy atom. The molecule has 0 saturated heterocycles. The average molecular weight is 303 g/mol. The maximum atomic E-state index is 12.3. The third-order valence-electron chi connectivity index (χ3n) is 3.27. The van der Waals surface area contributed by atoms with Gasteiger partial charge in [0.05, 0.1) is 11.4 Å². The van der Waals surface area contributed by atoms with Gasteiger partial charge in [0, 0.05) is 5.69 Å². The minimum absolute atomic E-state index is 0.302. The van der Waals surface area contributed by atoms with Crippen LogP contribution in [-0.2, 0) is 0 Å². The number of rotatable bonds is 4. The molecular weight excluding hydrogens is 286 g/mol. The normalized spacial score (nSPS) is 9.91. The number of hydrogen-bond acceptors (Lipinski definition) is 2. The Hall–Kier alpha value is -3.27. The first-order valence-electron chi connectivity index (χ1n) is 7.36. The number of nitrogens with zero attached hydrogens (tertiary/aromatic N) is 1. The third kappa shape index (κ3) is 3.89. The van der Waals surface area contributed by atoms with Gasteiger partial charge in [-0.05, 0) is 36.4 Å². The van der Waals surface area contributed by atoms with Gasteiger partial charge < -0.3 is 5.32 Å². The van der Waals surface area contributed by atoms with Crippen LogP contribution in [0.5, 0.6) is 0 Å². The van der Waals surface area contributed by atoms with Crippen molar-refractivity contribution in [3.63, 3.8) is 0 Å². The van der Waals surface area contributed by atoms with Crippen LogP contribution in [0.15, 0.2) is 91.0 Å². The number of para-hydroxylation sites is 3. The number of benzene rings is 3. The van der Waals surface area contributed by atoms with E-state index < -0.39 is 0 Å². The van der Waals surface area contributed by atoms with E-state index in [4.69, 9.17) is 0 Å². The SMILES string of the molecule is O=C(Nc1ccccc1)NN(c1ccccc1)c1ccccc1. The molecule has 0 saturated carbocycles. The van der Waals surface area contributed by atoms with Gasteiger partial charge >= 0.3 is 6.03 Å². The zero-order valence-electron chi connectivity index (χ0n) is 12.5. The van der Waals surface area contributed by atoms with E-state index in [-0.39, 0.29) is 6.03 Å². The number of hydrazine groups is 1.